The van der Waals surface area contributed by atoms with Gasteiger partial charge in [-0.2, -0.15) is 5.26 Å². The van der Waals surface area contributed by atoms with E-state index >= 15 is 0 Å². The van der Waals surface area contributed by atoms with Crippen LogP contribution in [0, 0.1) is 17.1 Å². The molecule has 2 aromatic carbocycles. The predicted molar refractivity (Wildman–Crippen MR) is 112 cm³/mol. The Morgan fingerprint density at radius 2 is 1.93 bits per heavy atom. The molecule has 3 aromatic rings. The summed E-state index contributed by atoms with van der Waals surface area (Å²) in [7, 11) is 0. The summed E-state index contributed by atoms with van der Waals surface area (Å²) < 4.78 is 14.3. The number of nitrogens with zero attached hydrogens (tertiary/aromatic N) is 1. The van der Waals surface area contributed by atoms with Crippen LogP contribution in [0.15, 0.2) is 70.5 Å². The molecule has 28 heavy (non-hydrogen) atoms. The van der Waals surface area contributed by atoms with E-state index in [4.69, 9.17) is 5.73 Å². The van der Waals surface area contributed by atoms with Crippen LogP contribution in [0.5, 0.6) is 0 Å². The molecule has 0 bridgehead atoms. The summed E-state index contributed by atoms with van der Waals surface area (Å²) in [6, 6.07) is 14.7. The van der Waals surface area contributed by atoms with Crippen molar-refractivity contribution < 1.29 is 4.39 Å². The van der Waals surface area contributed by atoms with Gasteiger partial charge in [0.25, 0.3) is 0 Å². The SMILES string of the molecule is CC1=C(C)C(c2csc3c(C#N)cccc23)C(Cc2ccc(F)cc2)=C(N)N1. The quantitative estimate of drug-likeness (QED) is 0.638. The lowest BCUT2D eigenvalue weighted by Gasteiger charge is -2.31. The van der Waals surface area contributed by atoms with E-state index in [1.165, 1.54) is 17.7 Å². The van der Waals surface area contributed by atoms with Gasteiger partial charge in [-0.3, -0.25) is 0 Å². The molecule has 0 radical (unpaired) electrons. The van der Waals surface area contributed by atoms with Crippen molar-refractivity contribution in [3.05, 3.63) is 93.0 Å². The first kappa shape index (κ1) is 18.3. The largest absolute Gasteiger partial charge is 0.385 e. The van der Waals surface area contributed by atoms with E-state index in [-0.39, 0.29) is 11.7 Å². The first-order valence-corrected chi connectivity index (χ1v) is 9.95. The highest BCUT2D eigenvalue weighted by atomic mass is 32.1. The minimum atomic E-state index is -0.246. The van der Waals surface area contributed by atoms with Crippen LogP contribution >= 0.6 is 11.3 Å². The van der Waals surface area contributed by atoms with Crippen LogP contribution in [-0.2, 0) is 6.42 Å². The normalized spacial score (nSPS) is 17.0. The molecule has 0 amide bonds. The number of nitriles is 1. The number of fused-ring (bicyclic) bond motifs is 1. The predicted octanol–water partition coefficient (Wildman–Crippen LogP) is 5.31. The highest BCUT2D eigenvalue weighted by molar-refractivity contribution is 7.17. The van der Waals surface area contributed by atoms with Gasteiger partial charge in [-0.15, -0.1) is 11.3 Å². The molecule has 0 spiro atoms. The van der Waals surface area contributed by atoms with Crippen LogP contribution in [0.2, 0.25) is 0 Å². The molecule has 1 atom stereocenters. The molecule has 5 heteroatoms. The second-order valence-corrected chi connectivity index (χ2v) is 7.97. The van der Waals surface area contributed by atoms with Crippen molar-refractivity contribution in [3.63, 3.8) is 0 Å². The summed E-state index contributed by atoms with van der Waals surface area (Å²) in [6.07, 6.45) is 0.629. The van der Waals surface area contributed by atoms with Crippen molar-refractivity contribution in [3.8, 4) is 6.07 Å². The molecule has 3 N–H and O–H groups in total. The number of rotatable bonds is 3. The summed E-state index contributed by atoms with van der Waals surface area (Å²) >= 11 is 1.60. The number of thiophene rings is 1. The van der Waals surface area contributed by atoms with Gasteiger partial charge in [-0.25, -0.2) is 4.39 Å². The average molecular weight is 389 g/mol. The molecule has 0 saturated heterocycles. The number of nitrogens with one attached hydrogen (secondary N) is 1. The van der Waals surface area contributed by atoms with Crippen molar-refractivity contribution in [2.75, 3.05) is 0 Å². The van der Waals surface area contributed by atoms with Crippen molar-refractivity contribution in [1.29, 1.82) is 5.26 Å². The van der Waals surface area contributed by atoms with Crippen LogP contribution < -0.4 is 11.1 Å². The van der Waals surface area contributed by atoms with Crippen molar-refractivity contribution in [1.82, 2.24) is 5.32 Å². The van der Waals surface area contributed by atoms with Crippen LogP contribution in [0.1, 0.15) is 36.5 Å². The highest BCUT2D eigenvalue weighted by Crippen LogP contribution is 2.43. The zero-order valence-corrected chi connectivity index (χ0v) is 16.5. The van der Waals surface area contributed by atoms with Gasteiger partial charge in [-0.05, 0) is 71.5 Å². The highest BCUT2D eigenvalue weighted by Gasteiger charge is 2.29. The topological polar surface area (TPSA) is 61.8 Å². The maximum Gasteiger partial charge on any atom is 0.123 e. The number of benzene rings is 2. The van der Waals surface area contributed by atoms with Crippen molar-refractivity contribution in [2.24, 2.45) is 5.73 Å². The van der Waals surface area contributed by atoms with Crippen molar-refractivity contribution >= 4 is 21.4 Å². The number of halogens is 1. The molecule has 1 aromatic heterocycles. The van der Waals surface area contributed by atoms with E-state index in [1.807, 2.05) is 19.1 Å². The lowest BCUT2D eigenvalue weighted by molar-refractivity contribution is 0.627. The molecule has 4 rings (SSSR count). The minimum Gasteiger partial charge on any atom is -0.385 e. The van der Waals surface area contributed by atoms with E-state index in [9.17, 15) is 9.65 Å². The molecule has 1 aliphatic heterocycles. The van der Waals surface area contributed by atoms with E-state index in [1.54, 1.807) is 23.5 Å². The Morgan fingerprint density at radius 1 is 1.18 bits per heavy atom. The molecule has 0 aliphatic carbocycles. The summed E-state index contributed by atoms with van der Waals surface area (Å²) in [5.74, 6) is 0.422. The third-order valence-corrected chi connectivity index (χ3v) is 6.46. The summed E-state index contributed by atoms with van der Waals surface area (Å²) in [5, 5.41) is 16.0. The zero-order valence-electron chi connectivity index (χ0n) is 15.7. The Hall–Kier alpha value is -3.10. The fourth-order valence-electron chi connectivity index (χ4n) is 3.84. The van der Waals surface area contributed by atoms with Gasteiger partial charge in [0, 0.05) is 11.6 Å². The zero-order chi connectivity index (χ0) is 19.8. The number of hydrogen-bond acceptors (Lipinski definition) is 4. The second kappa shape index (κ2) is 7.14. The third-order valence-electron chi connectivity index (χ3n) is 5.41. The third kappa shape index (κ3) is 3.06. The molecular weight excluding hydrogens is 369 g/mol. The molecule has 1 unspecified atom stereocenters. The van der Waals surface area contributed by atoms with Gasteiger partial charge in [0.05, 0.1) is 10.3 Å². The standard InChI is InChI=1S/C23H20FN3S/c1-13-14(2)27-23(26)19(10-15-6-8-17(24)9-7-15)21(13)20-12-28-22-16(11-25)4-3-5-18(20)22/h3-9,12,21,27H,10,26H2,1-2H3. The van der Waals surface area contributed by atoms with Gasteiger partial charge in [0.2, 0.25) is 0 Å². The van der Waals surface area contributed by atoms with E-state index < -0.39 is 0 Å². The Kier molecular flexibility index (Phi) is 4.66. The molecular formula is C23H20FN3S. The van der Waals surface area contributed by atoms with Crippen LogP contribution in [0.25, 0.3) is 10.1 Å². The van der Waals surface area contributed by atoms with E-state index in [2.05, 4.69) is 29.8 Å². The fourth-order valence-corrected chi connectivity index (χ4v) is 4.90. The number of dihydropyridines is 1. The smallest absolute Gasteiger partial charge is 0.123 e. The molecule has 1 aliphatic rings. The summed E-state index contributed by atoms with van der Waals surface area (Å²) in [4.78, 5) is 0. The number of hydrogen-bond donors (Lipinski definition) is 2. The van der Waals surface area contributed by atoms with Crippen LogP contribution in [0.4, 0.5) is 4.39 Å². The van der Waals surface area contributed by atoms with Crippen molar-refractivity contribution in [2.45, 2.75) is 26.2 Å². The van der Waals surface area contributed by atoms with Crippen LogP contribution in [0.3, 0.4) is 0 Å². The second-order valence-electron chi connectivity index (χ2n) is 7.09. The van der Waals surface area contributed by atoms with Crippen LogP contribution in [-0.4, -0.2) is 0 Å². The molecule has 3 nitrogen and oxygen atoms in total. The van der Waals surface area contributed by atoms with E-state index in [0.717, 1.165) is 32.5 Å². The fraction of sp³-hybridized carbons (Fsp3) is 0.174. The molecule has 140 valence electrons. The summed E-state index contributed by atoms with van der Waals surface area (Å²) in [6.45, 7) is 4.14. The Morgan fingerprint density at radius 3 is 2.64 bits per heavy atom. The molecule has 0 fully saturated rings. The monoisotopic (exact) mass is 389 g/mol. The molecule has 2 heterocycles. The van der Waals surface area contributed by atoms with Gasteiger partial charge in [-0.1, -0.05) is 24.3 Å². The van der Waals surface area contributed by atoms with Gasteiger partial charge >= 0.3 is 0 Å². The Labute approximate surface area is 167 Å². The lowest BCUT2D eigenvalue weighted by atomic mass is 9.79. The lowest BCUT2D eigenvalue weighted by Crippen LogP contribution is -2.30. The Balaban J connectivity index is 1.85. The minimum absolute atomic E-state index is 0.0222. The van der Waals surface area contributed by atoms with Gasteiger partial charge in [0.15, 0.2) is 0 Å². The first-order chi connectivity index (χ1) is 13.5. The maximum absolute atomic E-state index is 13.3. The molecule has 0 saturated carbocycles. The first-order valence-electron chi connectivity index (χ1n) is 9.07. The van der Waals surface area contributed by atoms with Gasteiger partial charge in [0.1, 0.15) is 17.7 Å². The summed E-state index contributed by atoms with van der Waals surface area (Å²) in [5.41, 5.74) is 12.6. The maximum atomic E-state index is 13.3. The van der Waals surface area contributed by atoms with Gasteiger partial charge < -0.3 is 11.1 Å². The average Bonchev–Trinajstić information content (AvgIpc) is 3.12. The number of allylic oxidation sites excluding steroid dienone is 3. The number of nitrogens with two attached hydrogens (primary N) is 1. The van der Waals surface area contributed by atoms with E-state index in [0.29, 0.717) is 17.8 Å². The Bertz CT molecular complexity index is 1160.